The molecule has 2 heterocycles. The van der Waals surface area contributed by atoms with Gasteiger partial charge >= 0.3 is 12.0 Å². The topological polar surface area (TPSA) is 64.1 Å². The summed E-state index contributed by atoms with van der Waals surface area (Å²) >= 11 is 0. The van der Waals surface area contributed by atoms with Gasteiger partial charge in [0.15, 0.2) is 0 Å². The van der Waals surface area contributed by atoms with Crippen molar-refractivity contribution in [3.8, 4) is 0 Å². The zero-order chi connectivity index (χ0) is 13.0. The van der Waals surface area contributed by atoms with E-state index >= 15 is 0 Å². The number of carbonyl (C=O) groups is 2. The Labute approximate surface area is 107 Å². The Morgan fingerprint density at radius 1 is 0.833 bits per heavy atom. The Morgan fingerprint density at radius 3 is 1.94 bits per heavy atom. The Hall–Kier alpha value is -1.30. The molecule has 0 radical (unpaired) electrons. The number of urea groups is 1. The van der Waals surface area contributed by atoms with Crippen LogP contribution in [-0.4, -0.2) is 77.6 Å². The third kappa shape index (κ3) is 3.35. The summed E-state index contributed by atoms with van der Waals surface area (Å²) < 4.78 is 0. The molecule has 0 aromatic rings. The SMILES string of the molecule is O=C(O)CN1CCN(C(=O)N2CCCCC2)CC1. The number of nitrogens with zero attached hydrogens (tertiary/aromatic N) is 3. The summed E-state index contributed by atoms with van der Waals surface area (Å²) in [6.45, 7) is 4.41. The molecular weight excluding hydrogens is 234 g/mol. The average Bonchev–Trinajstić information content (AvgIpc) is 2.39. The minimum absolute atomic E-state index is 0.0751. The van der Waals surface area contributed by atoms with E-state index in [2.05, 4.69) is 0 Å². The van der Waals surface area contributed by atoms with Crippen molar-refractivity contribution in [1.82, 2.24) is 14.7 Å². The summed E-state index contributed by atoms with van der Waals surface area (Å²) in [6.07, 6.45) is 3.42. The minimum Gasteiger partial charge on any atom is -0.480 e. The molecule has 0 unspecified atom stereocenters. The molecule has 0 aromatic heterocycles. The zero-order valence-electron chi connectivity index (χ0n) is 10.7. The first kappa shape index (κ1) is 13.1. The van der Waals surface area contributed by atoms with Crippen LogP contribution in [0, 0.1) is 0 Å². The van der Waals surface area contributed by atoms with Gasteiger partial charge in [0.2, 0.25) is 0 Å². The van der Waals surface area contributed by atoms with Crippen LogP contribution in [0.15, 0.2) is 0 Å². The van der Waals surface area contributed by atoms with E-state index < -0.39 is 5.97 Å². The van der Waals surface area contributed by atoms with Crippen molar-refractivity contribution in [2.45, 2.75) is 19.3 Å². The largest absolute Gasteiger partial charge is 0.480 e. The van der Waals surface area contributed by atoms with E-state index in [-0.39, 0.29) is 12.6 Å². The Bertz CT molecular complexity index is 308. The monoisotopic (exact) mass is 255 g/mol. The Kier molecular flexibility index (Phi) is 4.41. The first-order valence-corrected chi connectivity index (χ1v) is 6.65. The minimum atomic E-state index is -0.800. The fraction of sp³-hybridized carbons (Fsp3) is 0.833. The summed E-state index contributed by atoms with van der Waals surface area (Å²) in [5.74, 6) is -0.800. The fourth-order valence-corrected chi connectivity index (χ4v) is 2.57. The predicted octanol–water partition coefficient (Wildman–Crippen LogP) is 0.294. The highest BCUT2D eigenvalue weighted by Gasteiger charge is 2.26. The molecule has 2 saturated heterocycles. The second-order valence-corrected chi connectivity index (χ2v) is 4.99. The molecule has 0 spiro atoms. The van der Waals surface area contributed by atoms with Crippen LogP contribution in [0.2, 0.25) is 0 Å². The van der Waals surface area contributed by atoms with Gasteiger partial charge in [0.25, 0.3) is 0 Å². The van der Waals surface area contributed by atoms with E-state index in [1.807, 2.05) is 14.7 Å². The van der Waals surface area contributed by atoms with E-state index in [0.29, 0.717) is 26.2 Å². The van der Waals surface area contributed by atoms with E-state index in [1.165, 1.54) is 6.42 Å². The molecule has 6 heteroatoms. The Morgan fingerprint density at radius 2 is 1.39 bits per heavy atom. The fourth-order valence-electron chi connectivity index (χ4n) is 2.57. The van der Waals surface area contributed by atoms with Crippen LogP contribution in [0.3, 0.4) is 0 Å². The normalized spacial score (nSPS) is 22.0. The number of carboxylic acid groups (broad SMARTS) is 1. The van der Waals surface area contributed by atoms with Gasteiger partial charge in [-0.25, -0.2) is 4.79 Å². The summed E-state index contributed by atoms with van der Waals surface area (Å²) in [6, 6.07) is 0.129. The lowest BCUT2D eigenvalue weighted by molar-refractivity contribution is -0.138. The highest BCUT2D eigenvalue weighted by Crippen LogP contribution is 2.12. The maximum absolute atomic E-state index is 12.2. The van der Waals surface area contributed by atoms with Crippen molar-refractivity contribution in [1.29, 1.82) is 0 Å². The lowest BCUT2D eigenvalue weighted by atomic mass is 10.1. The molecule has 6 nitrogen and oxygen atoms in total. The number of carbonyl (C=O) groups excluding carboxylic acids is 1. The number of aliphatic carboxylic acids is 1. The predicted molar refractivity (Wildman–Crippen MR) is 66.5 cm³/mol. The summed E-state index contributed by atoms with van der Waals surface area (Å²) in [5, 5.41) is 8.71. The van der Waals surface area contributed by atoms with E-state index in [9.17, 15) is 9.59 Å². The van der Waals surface area contributed by atoms with Crippen LogP contribution in [0.5, 0.6) is 0 Å². The molecule has 102 valence electrons. The van der Waals surface area contributed by atoms with Gasteiger partial charge in [-0.1, -0.05) is 0 Å². The molecule has 18 heavy (non-hydrogen) atoms. The molecule has 2 fully saturated rings. The third-order valence-electron chi connectivity index (χ3n) is 3.63. The smallest absolute Gasteiger partial charge is 0.320 e. The van der Waals surface area contributed by atoms with Crippen molar-refractivity contribution in [2.24, 2.45) is 0 Å². The number of hydrogen-bond acceptors (Lipinski definition) is 3. The van der Waals surface area contributed by atoms with Crippen molar-refractivity contribution in [2.75, 3.05) is 45.8 Å². The molecule has 1 N–H and O–H groups in total. The van der Waals surface area contributed by atoms with E-state index in [4.69, 9.17) is 5.11 Å². The van der Waals surface area contributed by atoms with Gasteiger partial charge in [-0.05, 0) is 19.3 Å². The van der Waals surface area contributed by atoms with Crippen molar-refractivity contribution < 1.29 is 14.7 Å². The second kappa shape index (κ2) is 6.04. The zero-order valence-corrected chi connectivity index (χ0v) is 10.7. The highest BCUT2D eigenvalue weighted by atomic mass is 16.4. The maximum atomic E-state index is 12.2. The average molecular weight is 255 g/mol. The first-order chi connectivity index (χ1) is 8.66. The van der Waals surface area contributed by atoms with Gasteiger partial charge < -0.3 is 14.9 Å². The van der Waals surface area contributed by atoms with Crippen LogP contribution in [0.1, 0.15) is 19.3 Å². The van der Waals surface area contributed by atoms with E-state index in [1.54, 1.807) is 0 Å². The molecule has 0 aromatic carbocycles. The lowest BCUT2D eigenvalue weighted by Crippen LogP contribution is -2.54. The number of likely N-dealkylation sites (tertiary alicyclic amines) is 1. The highest BCUT2D eigenvalue weighted by molar-refractivity contribution is 5.74. The van der Waals surface area contributed by atoms with Gasteiger partial charge in [0.05, 0.1) is 6.54 Å². The van der Waals surface area contributed by atoms with Crippen LogP contribution in [0.25, 0.3) is 0 Å². The van der Waals surface area contributed by atoms with Gasteiger partial charge in [-0.15, -0.1) is 0 Å². The number of carboxylic acids is 1. The lowest BCUT2D eigenvalue weighted by Gasteiger charge is -2.38. The van der Waals surface area contributed by atoms with Crippen molar-refractivity contribution in [3.63, 3.8) is 0 Å². The third-order valence-corrected chi connectivity index (χ3v) is 3.63. The van der Waals surface area contributed by atoms with Crippen LogP contribution < -0.4 is 0 Å². The molecule has 0 aliphatic carbocycles. The van der Waals surface area contributed by atoms with Crippen molar-refractivity contribution in [3.05, 3.63) is 0 Å². The molecule has 0 atom stereocenters. The second-order valence-electron chi connectivity index (χ2n) is 4.99. The van der Waals surface area contributed by atoms with Crippen molar-refractivity contribution >= 4 is 12.0 Å². The summed E-state index contributed by atoms with van der Waals surface area (Å²) in [7, 11) is 0. The Balaban J connectivity index is 1.78. The summed E-state index contributed by atoms with van der Waals surface area (Å²) in [4.78, 5) is 28.5. The number of rotatable bonds is 2. The van der Waals surface area contributed by atoms with Gasteiger partial charge in [0, 0.05) is 39.3 Å². The van der Waals surface area contributed by atoms with E-state index in [0.717, 1.165) is 25.9 Å². The molecule has 2 amide bonds. The number of piperidine rings is 1. The van der Waals surface area contributed by atoms with Gasteiger partial charge in [0.1, 0.15) is 0 Å². The van der Waals surface area contributed by atoms with Crippen LogP contribution in [0.4, 0.5) is 4.79 Å². The quantitative estimate of drug-likeness (QED) is 0.770. The standard InChI is InChI=1S/C12H21N3O3/c16-11(17)10-13-6-8-15(9-7-13)12(18)14-4-2-1-3-5-14/h1-10H2,(H,16,17). The van der Waals surface area contributed by atoms with Gasteiger partial charge in [-0.3, -0.25) is 9.69 Å². The van der Waals surface area contributed by atoms with Gasteiger partial charge in [-0.2, -0.15) is 0 Å². The molecule has 2 rings (SSSR count). The molecule has 0 bridgehead atoms. The number of piperazine rings is 1. The first-order valence-electron chi connectivity index (χ1n) is 6.65. The number of hydrogen-bond donors (Lipinski definition) is 1. The van der Waals surface area contributed by atoms with Crippen LogP contribution in [-0.2, 0) is 4.79 Å². The summed E-state index contributed by atoms with van der Waals surface area (Å²) in [5.41, 5.74) is 0. The molecule has 2 aliphatic rings. The maximum Gasteiger partial charge on any atom is 0.320 e. The van der Waals surface area contributed by atoms with Crippen LogP contribution >= 0.6 is 0 Å². The number of amides is 2. The molecule has 0 saturated carbocycles. The molecule has 2 aliphatic heterocycles. The molecular formula is C12H21N3O3.